The van der Waals surface area contributed by atoms with Gasteiger partial charge in [0.25, 0.3) is 5.91 Å². The van der Waals surface area contributed by atoms with Crippen molar-refractivity contribution in [3.05, 3.63) is 0 Å². The second-order valence-electron chi connectivity index (χ2n) is 7.73. The van der Waals surface area contributed by atoms with E-state index in [1.54, 1.807) is 0 Å². The zero-order chi connectivity index (χ0) is 23.2. The highest BCUT2D eigenvalue weighted by atomic mass is 16.2. The Morgan fingerprint density at radius 1 is 1.16 bits per heavy atom. The number of carbonyl (C=O) groups is 6. The van der Waals surface area contributed by atoms with Crippen molar-refractivity contribution in [2.45, 2.75) is 62.7 Å². The van der Waals surface area contributed by atoms with Crippen LogP contribution in [-0.4, -0.2) is 65.7 Å². The molecule has 0 radical (unpaired) electrons. The molecule has 12 nitrogen and oxygen atoms in total. The number of rotatable bonds is 9. The Balaban J connectivity index is 1.95. The lowest BCUT2D eigenvalue weighted by Gasteiger charge is -2.28. The van der Waals surface area contributed by atoms with Gasteiger partial charge in [-0.15, -0.1) is 6.42 Å². The first-order chi connectivity index (χ1) is 14.5. The van der Waals surface area contributed by atoms with E-state index in [0.29, 0.717) is 12.8 Å². The molecular formula is C19H26N6O6. The fourth-order valence-electron chi connectivity index (χ4n) is 3.37. The zero-order valence-corrected chi connectivity index (χ0v) is 17.1. The lowest BCUT2D eigenvalue weighted by Crippen LogP contribution is -2.59. The van der Waals surface area contributed by atoms with Crippen LogP contribution in [0.1, 0.15) is 39.0 Å². The predicted octanol–water partition coefficient (Wildman–Crippen LogP) is -3.47. The molecule has 31 heavy (non-hydrogen) atoms. The molecule has 2 saturated heterocycles. The van der Waals surface area contributed by atoms with Crippen molar-refractivity contribution in [3.63, 3.8) is 0 Å². The Hall–Kier alpha value is -3.62. The first kappa shape index (κ1) is 23.7. The standard InChI is InChI=1S/C19H26N6O6/c1-3-19(2,25-17(30)6-10-4-5-14(27)22-10)18(31)24-12-8-16(29)23-11(12)7-15(28)21-9-13(20)26/h1,10-12H,4-9H2,2H3,(H2,20,26)(H,21,28)(H,22,27)(H,23,29)(H,24,31)(H,25,30). The van der Waals surface area contributed by atoms with Crippen molar-refractivity contribution >= 4 is 35.4 Å². The minimum absolute atomic E-state index is 0.0254. The molecule has 0 spiro atoms. The molecule has 6 amide bonds. The lowest BCUT2D eigenvalue weighted by molar-refractivity contribution is -0.131. The Bertz CT molecular complexity index is 836. The minimum Gasteiger partial charge on any atom is -0.368 e. The van der Waals surface area contributed by atoms with Gasteiger partial charge >= 0.3 is 0 Å². The molecule has 0 aromatic heterocycles. The predicted molar refractivity (Wildman–Crippen MR) is 106 cm³/mol. The summed E-state index contributed by atoms with van der Waals surface area (Å²) >= 11 is 0. The molecule has 168 valence electrons. The molecule has 2 heterocycles. The van der Waals surface area contributed by atoms with Gasteiger partial charge in [-0.05, 0) is 13.3 Å². The molecule has 0 saturated carbocycles. The monoisotopic (exact) mass is 434 g/mol. The molecule has 2 aliphatic heterocycles. The van der Waals surface area contributed by atoms with Crippen molar-refractivity contribution in [2.24, 2.45) is 5.73 Å². The summed E-state index contributed by atoms with van der Waals surface area (Å²) in [7, 11) is 0. The average Bonchev–Trinajstić information content (AvgIpc) is 3.24. The molecule has 2 aliphatic rings. The molecule has 4 atom stereocenters. The summed E-state index contributed by atoms with van der Waals surface area (Å²) in [6.07, 6.45) is 6.04. The summed E-state index contributed by atoms with van der Waals surface area (Å²) in [6, 6.07) is -1.80. The van der Waals surface area contributed by atoms with Gasteiger partial charge in [0.15, 0.2) is 5.54 Å². The smallest absolute Gasteiger partial charge is 0.258 e. The molecule has 2 rings (SSSR count). The molecule has 0 aliphatic carbocycles. The first-order valence-corrected chi connectivity index (χ1v) is 9.76. The second-order valence-corrected chi connectivity index (χ2v) is 7.73. The lowest BCUT2D eigenvalue weighted by atomic mass is 9.98. The quantitative estimate of drug-likeness (QED) is 0.204. The number of hydrogen-bond acceptors (Lipinski definition) is 6. The van der Waals surface area contributed by atoms with E-state index in [1.165, 1.54) is 6.92 Å². The van der Waals surface area contributed by atoms with Crippen molar-refractivity contribution in [3.8, 4) is 12.3 Å². The summed E-state index contributed by atoms with van der Waals surface area (Å²) in [5.41, 5.74) is 3.27. The molecule has 0 aromatic carbocycles. The highest BCUT2D eigenvalue weighted by Gasteiger charge is 2.40. The number of nitrogens with two attached hydrogens (primary N) is 1. The average molecular weight is 434 g/mol. The van der Waals surface area contributed by atoms with Gasteiger partial charge in [-0.25, -0.2) is 0 Å². The Labute approximate surface area is 178 Å². The summed E-state index contributed by atoms with van der Waals surface area (Å²) in [5.74, 6) is -0.739. The highest BCUT2D eigenvalue weighted by molar-refractivity contribution is 5.95. The van der Waals surface area contributed by atoms with Crippen LogP contribution in [-0.2, 0) is 28.8 Å². The van der Waals surface area contributed by atoms with Gasteiger partial charge in [0.05, 0.1) is 18.6 Å². The normalized spacial score (nSPS) is 24.2. The molecule has 7 N–H and O–H groups in total. The number of amides is 6. The van der Waals surface area contributed by atoms with Gasteiger partial charge in [0, 0.05) is 31.7 Å². The third kappa shape index (κ3) is 6.70. The Kier molecular flexibility index (Phi) is 7.57. The van der Waals surface area contributed by atoms with Crippen LogP contribution in [0.2, 0.25) is 0 Å². The number of carbonyl (C=O) groups excluding carboxylic acids is 6. The Morgan fingerprint density at radius 2 is 1.87 bits per heavy atom. The van der Waals surface area contributed by atoms with E-state index in [9.17, 15) is 28.8 Å². The van der Waals surface area contributed by atoms with Crippen molar-refractivity contribution < 1.29 is 28.8 Å². The molecule has 0 bridgehead atoms. The largest absolute Gasteiger partial charge is 0.368 e. The summed E-state index contributed by atoms with van der Waals surface area (Å²) < 4.78 is 0. The molecule has 12 heteroatoms. The fraction of sp³-hybridized carbons (Fsp3) is 0.579. The van der Waals surface area contributed by atoms with Crippen molar-refractivity contribution in [2.75, 3.05) is 6.54 Å². The second kappa shape index (κ2) is 9.92. The maximum Gasteiger partial charge on any atom is 0.258 e. The highest BCUT2D eigenvalue weighted by Crippen LogP contribution is 2.15. The van der Waals surface area contributed by atoms with Gasteiger partial charge in [0.1, 0.15) is 0 Å². The van der Waals surface area contributed by atoms with Gasteiger partial charge in [-0.1, -0.05) is 5.92 Å². The number of nitrogens with one attached hydrogen (secondary N) is 5. The van der Waals surface area contributed by atoms with Crippen LogP contribution in [0.15, 0.2) is 0 Å². The van der Waals surface area contributed by atoms with Crippen molar-refractivity contribution in [1.82, 2.24) is 26.6 Å². The number of hydrogen-bond donors (Lipinski definition) is 6. The van der Waals surface area contributed by atoms with Crippen LogP contribution in [0.4, 0.5) is 0 Å². The topological polar surface area (TPSA) is 189 Å². The Morgan fingerprint density at radius 3 is 2.45 bits per heavy atom. The van der Waals surface area contributed by atoms with E-state index in [-0.39, 0.29) is 43.7 Å². The minimum atomic E-state index is -1.70. The van der Waals surface area contributed by atoms with E-state index in [1.807, 2.05) is 0 Å². The van der Waals surface area contributed by atoms with Crippen LogP contribution in [0.5, 0.6) is 0 Å². The van der Waals surface area contributed by atoms with E-state index in [0.717, 1.165) is 0 Å². The van der Waals surface area contributed by atoms with Gasteiger partial charge < -0.3 is 32.3 Å². The SMILES string of the molecule is C#CC(C)(NC(=O)CC1CCC(=O)N1)C(=O)NC1CC(=O)NC1CC(=O)NCC(N)=O. The van der Waals surface area contributed by atoms with Crippen LogP contribution in [0, 0.1) is 12.3 Å². The van der Waals surface area contributed by atoms with Gasteiger partial charge in [-0.3, -0.25) is 28.8 Å². The maximum absolute atomic E-state index is 12.8. The summed E-state index contributed by atoms with van der Waals surface area (Å²) in [4.78, 5) is 70.9. The molecule has 0 aromatic rings. The summed E-state index contributed by atoms with van der Waals surface area (Å²) in [5, 5.41) is 12.6. The van der Waals surface area contributed by atoms with Crippen molar-refractivity contribution in [1.29, 1.82) is 0 Å². The molecule has 2 fully saturated rings. The fourth-order valence-corrected chi connectivity index (χ4v) is 3.37. The first-order valence-electron chi connectivity index (χ1n) is 9.76. The molecule has 4 unspecified atom stereocenters. The third-order valence-corrected chi connectivity index (χ3v) is 5.07. The van der Waals surface area contributed by atoms with Crippen LogP contribution in [0.25, 0.3) is 0 Å². The van der Waals surface area contributed by atoms with E-state index in [2.05, 4.69) is 32.5 Å². The van der Waals surface area contributed by atoms with E-state index < -0.39 is 41.3 Å². The van der Waals surface area contributed by atoms with Gasteiger partial charge in [0.2, 0.25) is 29.5 Å². The third-order valence-electron chi connectivity index (χ3n) is 5.07. The van der Waals surface area contributed by atoms with E-state index in [4.69, 9.17) is 12.2 Å². The van der Waals surface area contributed by atoms with Crippen LogP contribution >= 0.6 is 0 Å². The maximum atomic E-state index is 12.8. The summed E-state index contributed by atoms with van der Waals surface area (Å²) in [6.45, 7) is 0.991. The van der Waals surface area contributed by atoms with Gasteiger partial charge in [-0.2, -0.15) is 0 Å². The molecular weight excluding hydrogens is 408 g/mol. The zero-order valence-electron chi connectivity index (χ0n) is 17.1. The number of primary amides is 1. The van der Waals surface area contributed by atoms with Crippen LogP contribution < -0.4 is 32.3 Å². The number of terminal acetylenes is 1. The van der Waals surface area contributed by atoms with Crippen LogP contribution in [0.3, 0.4) is 0 Å². The van der Waals surface area contributed by atoms with E-state index >= 15 is 0 Å².